The number of hydrogen-bond acceptors (Lipinski definition) is 11. The van der Waals surface area contributed by atoms with E-state index in [0.717, 1.165) is 24.2 Å². The first-order valence-electron chi connectivity index (χ1n) is 26.5. The number of amides is 6. The van der Waals surface area contributed by atoms with Crippen molar-refractivity contribution in [1.82, 2.24) is 24.9 Å². The Morgan fingerprint density at radius 2 is 1.53 bits per heavy atom. The second-order valence-corrected chi connectivity index (χ2v) is 22.3. The smallest absolute Gasteiger partial charge is 0.326 e. The third-order valence-corrected chi connectivity index (χ3v) is 16.4. The number of carbonyl (C=O) groups excluding carboxylic acids is 7. The summed E-state index contributed by atoms with van der Waals surface area (Å²) in [5.41, 5.74) is 0.766. The molecule has 2 aliphatic rings. The van der Waals surface area contributed by atoms with Crippen molar-refractivity contribution in [3.05, 3.63) is 35.9 Å². The van der Waals surface area contributed by atoms with Crippen LogP contribution in [0.4, 0.5) is 0 Å². The number of carboxylic acids is 1. The highest BCUT2D eigenvalue weighted by molar-refractivity contribution is 8.00. The molecule has 406 valence electrons. The van der Waals surface area contributed by atoms with E-state index in [2.05, 4.69) is 12.2 Å². The zero-order valence-corrected chi connectivity index (χ0v) is 46.5. The van der Waals surface area contributed by atoms with Crippen LogP contribution in [0.15, 0.2) is 30.3 Å². The number of nitrogens with zero attached hydrogens (tertiary/aromatic N) is 4. The second kappa shape index (κ2) is 30.1. The van der Waals surface area contributed by atoms with Crippen LogP contribution in [0, 0.1) is 29.6 Å². The van der Waals surface area contributed by atoms with Crippen molar-refractivity contribution in [2.75, 3.05) is 40.6 Å². The van der Waals surface area contributed by atoms with Gasteiger partial charge in [0, 0.05) is 72.5 Å². The molecule has 0 aliphatic carbocycles. The van der Waals surface area contributed by atoms with Crippen molar-refractivity contribution in [3.8, 4) is 0 Å². The molecular weight excluding hydrogens is 939 g/mol. The highest BCUT2D eigenvalue weighted by Crippen LogP contribution is 2.34. The molecular formula is C55H89N5O11S. The topological polar surface area (TPSA) is 200 Å². The maximum absolute atomic E-state index is 14.8. The number of benzene rings is 1. The molecule has 1 unspecified atom stereocenters. The molecule has 2 aliphatic heterocycles. The van der Waals surface area contributed by atoms with Gasteiger partial charge in [-0.25, -0.2) is 4.79 Å². The highest BCUT2D eigenvalue weighted by Gasteiger charge is 2.46. The van der Waals surface area contributed by atoms with Crippen LogP contribution in [0.2, 0.25) is 0 Å². The summed E-state index contributed by atoms with van der Waals surface area (Å²) < 4.78 is 12.1. The van der Waals surface area contributed by atoms with Gasteiger partial charge in [-0.1, -0.05) is 105 Å². The van der Waals surface area contributed by atoms with E-state index in [9.17, 15) is 43.5 Å². The van der Waals surface area contributed by atoms with Crippen molar-refractivity contribution < 1.29 is 52.9 Å². The summed E-state index contributed by atoms with van der Waals surface area (Å²) in [6.07, 6.45) is 4.61. The molecule has 0 saturated carbocycles. The zero-order chi connectivity index (χ0) is 54.0. The first-order valence-corrected chi connectivity index (χ1v) is 27.6. The summed E-state index contributed by atoms with van der Waals surface area (Å²) in [5.74, 6) is -4.04. The molecule has 3 rings (SSSR count). The number of hydrogen-bond donors (Lipinski definition) is 2. The van der Waals surface area contributed by atoms with E-state index < -0.39 is 60.1 Å². The lowest BCUT2D eigenvalue weighted by Crippen LogP contribution is -2.55. The molecule has 2 saturated heterocycles. The lowest BCUT2D eigenvalue weighted by molar-refractivity contribution is -0.151. The number of likely N-dealkylation sites (tertiary alicyclic amines) is 2. The summed E-state index contributed by atoms with van der Waals surface area (Å²) in [7, 11) is 6.36. The summed E-state index contributed by atoms with van der Waals surface area (Å²) in [6.45, 7) is 17.7. The Morgan fingerprint density at radius 3 is 2.10 bits per heavy atom. The van der Waals surface area contributed by atoms with Gasteiger partial charge in [-0.2, -0.15) is 0 Å². The van der Waals surface area contributed by atoms with Crippen molar-refractivity contribution in [1.29, 1.82) is 0 Å². The number of carboxylic acid groups (broad SMARTS) is 1. The summed E-state index contributed by atoms with van der Waals surface area (Å²) >= 11 is 1.55. The van der Waals surface area contributed by atoms with Gasteiger partial charge >= 0.3 is 5.97 Å². The SMILES string of the molecule is CCCCSC1CC(=O)N(CCCCCC(=O)N(C)[C@H](C(=O)C[C@H](C(=O)N(C)[C@@H]([C@@H](C)CC)[C@@H](CC(=O)N2[C@@H](C)CC[C@H]2[C@H](OC)[C@@H](C)C(=O)N[C@@H](Cc2ccccc2)C(=O)O)OC)C(C)C)C(C)C)C1=O. The monoisotopic (exact) mass is 1030 g/mol. The zero-order valence-electron chi connectivity index (χ0n) is 45.7. The van der Waals surface area contributed by atoms with Crippen molar-refractivity contribution in [3.63, 3.8) is 0 Å². The van der Waals surface area contributed by atoms with Gasteiger partial charge in [0.05, 0.1) is 47.9 Å². The van der Waals surface area contributed by atoms with Crippen molar-refractivity contribution >= 4 is 59.0 Å². The van der Waals surface area contributed by atoms with Crippen LogP contribution < -0.4 is 5.32 Å². The molecule has 11 atom stereocenters. The molecule has 16 nitrogen and oxygen atoms in total. The number of imide groups is 1. The van der Waals surface area contributed by atoms with Crippen LogP contribution >= 0.6 is 11.8 Å². The molecule has 2 N–H and O–H groups in total. The fourth-order valence-corrected chi connectivity index (χ4v) is 11.9. The van der Waals surface area contributed by atoms with E-state index >= 15 is 0 Å². The van der Waals surface area contributed by atoms with E-state index in [1.807, 2.05) is 66.7 Å². The minimum atomic E-state index is -1.16. The Balaban J connectivity index is 1.70. The van der Waals surface area contributed by atoms with Gasteiger partial charge in [0.2, 0.25) is 35.4 Å². The minimum absolute atomic E-state index is 0.0694. The number of rotatable bonds is 32. The van der Waals surface area contributed by atoms with Crippen LogP contribution in [-0.2, 0) is 54.3 Å². The van der Waals surface area contributed by atoms with Gasteiger partial charge in [0.25, 0.3) is 0 Å². The van der Waals surface area contributed by atoms with Crippen LogP contribution in [0.1, 0.15) is 145 Å². The van der Waals surface area contributed by atoms with E-state index in [-0.39, 0.29) is 96.5 Å². The number of thioether (sulfide) groups is 1. The molecule has 0 bridgehead atoms. The van der Waals surface area contributed by atoms with Crippen LogP contribution in [0.3, 0.4) is 0 Å². The number of aliphatic carboxylic acids is 1. The van der Waals surface area contributed by atoms with Gasteiger partial charge in [-0.3, -0.25) is 38.5 Å². The largest absolute Gasteiger partial charge is 0.480 e. The summed E-state index contributed by atoms with van der Waals surface area (Å²) in [4.78, 5) is 115. The number of ketones is 1. The predicted octanol–water partition coefficient (Wildman–Crippen LogP) is 7.04. The Morgan fingerprint density at radius 1 is 0.861 bits per heavy atom. The lowest BCUT2D eigenvalue weighted by Gasteiger charge is -2.41. The van der Waals surface area contributed by atoms with Gasteiger partial charge < -0.3 is 34.6 Å². The molecule has 6 amide bonds. The number of nitrogens with one attached hydrogen (secondary N) is 1. The summed E-state index contributed by atoms with van der Waals surface area (Å²) in [5, 5.41) is 12.4. The molecule has 0 spiro atoms. The average Bonchev–Trinajstić information content (AvgIpc) is 3.85. The van der Waals surface area contributed by atoms with Gasteiger partial charge in [0.1, 0.15) is 6.04 Å². The van der Waals surface area contributed by atoms with Gasteiger partial charge in [-0.15, -0.1) is 11.8 Å². The van der Waals surface area contributed by atoms with E-state index in [0.29, 0.717) is 45.1 Å². The Bertz CT molecular complexity index is 1950. The maximum Gasteiger partial charge on any atom is 0.326 e. The van der Waals surface area contributed by atoms with Crippen molar-refractivity contribution in [2.45, 2.75) is 193 Å². The first kappa shape index (κ1) is 61.9. The van der Waals surface area contributed by atoms with Crippen LogP contribution in [0.5, 0.6) is 0 Å². The number of unbranched alkanes of at least 4 members (excludes halogenated alkanes) is 3. The molecule has 0 radical (unpaired) electrons. The second-order valence-electron chi connectivity index (χ2n) is 21.0. The van der Waals surface area contributed by atoms with Gasteiger partial charge in [0.15, 0.2) is 5.78 Å². The third-order valence-electron chi connectivity index (χ3n) is 15.1. The number of ether oxygens (including phenoxy) is 2. The molecule has 0 aromatic heterocycles. The average molecular weight is 1030 g/mol. The molecule has 17 heteroatoms. The Kier molecular flexibility index (Phi) is 25.9. The number of methoxy groups -OCH3 is 2. The number of carbonyl (C=O) groups is 8. The lowest BCUT2D eigenvalue weighted by atomic mass is 9.83. The van der Waals surface area contributed by atoms with E-state index in [1.54, 1.807) is 54.7 Å². The quantitative estimate of drug-likeness (QED) is 0.0552. The maximum atomic E-state index is 14.8. The number of Topliss-reactive ketones (excluding diaryl/α,β-unsaturated/α-hetero) is 1. The van der Waals surface area contributed by atoms with Gasteiger partial charge in [-0.05, 0) is 68.1 Å². The van der Waals surface area contributed by atoms with E-state index in [1.165, 1.54) is 24.0 Å². The third kappa shape index (κ3) is 16.8. The fraction of sp³-hybridized carbons (Fsp3) is 0.745. The Hall–Kier alpha value is -4.35. The molecule has 2 fully saturated rings. The normalized spacial score (nSPS) is 20.5. The molecule has 72 heavy (non-hydrogen) atoms. The molecule has 2 heterocycles. The first-order chi connectivity index (χ1) is 34.1. The fourth-order valence-electron chi connectivity index (χ4n) is 10.7. The van der Waals surface area contributed by atoms with Crippen molar-refractivity contribution in [2.24, 2.45) is 29.6 Å². The Labute approximate surface area is 434 Å². The van der Waals surface area contributed by atoms with Crippen LogP contribution in [-0.4, -0.2) is 160 Å². The summed E-state index contributed by atoms with van der Waals surface area (Å²) in [6, 6.07) is 5.90. The minimum Gasteiger partial charge on any atom is -0.480 e. The molecule has 1 aromatic carbocycles. The molecule has 1 aromatic rings. The standard InChI is InChI=1S/C55H89N5O11S/c1-14-16-29-72-45-33-47(63)59(54(45)67)28-22-18-21-25-46(62)57(10)49(35(5)6)43(61)31-40(34(3)4)53(66)58(11)50(36(7)15-2)44(70-12)32-48(64)60-37(8)26-27-42(60)51(71-13)38(9)52(65)56-41(55(68)69)30-39-23-19-17-20-24-39/h17,19-20,23-24,34-38,40-42,44-45,49-51H,14-16,18,21-22,25-33H2,1-13H3,(H,56,65)(H,68,69)/t36-,37-,38+,40-,41-,42-,44+,45?,49-,50-,51+/m0/s1. The number of likely N-dealkylation sites (N-methyl/N-ethyl adjacent to an activating group) is 2. The highest BCUT2D eigenvalue weighted by atomic mass is 32.2. The van der Waals surface area contributed by atoms with E-state index in [4.69, 9.17) is 9.47 Å². The van der Waals surface area contributed by atoms with Crippen LogP contribution in [0.25, 0.3) is 0 Å². The predicted molar refractivity (Wildman–Crippen MR) is 281 cm³/mol.